The molecule has 0 bridgehead atoms. The van der Waals surface area contributed by atoms with Crippen molar-refractivity contribution >= 4 is 51.2 Å². The Balaban J connectivity index is 1.63. The lowest BCUT2D eigenvalue weighted by Gasteiger charge is -2.26. The first kappa shape index (κ1) is 32.9. The SMILES string of the molecule is CSCC[C@H](NC(=O)c1ccc(CN(Cc2cc(Br)c(-c3ccc(Cl)cc3)o2)C(C)C)cc1-c1ccccc1C)C(=O)O. The summed E-state index contributed by atoms with van der Waals surface area (Å²) in [6.45, 7) is 7.50. The largest absolute Gasteiger partial charge is 0.480 e. The van der Waals surface area contributed by atoms with E-state index in [9.17, 15) is 14.7 Å². The number of nitrogens with zero attached hydrogens (tertiary/aromatic N) is 1. The van der Waals surface area contributed by atoms with Gasteiger partial charge < -0.3 is 14.8 Å². The second-order valence-corrected chi connectivity index (χ2v) is 13.0. The summed E-state index contributed by atoms with van der Waals surface area (Å²) in [5.74, 6) is 0.789. The number of hydrogen-bond donors (Lipinski definition) is 2. The van der Waals surface area contributed by atoms with E-state index in [2.05, 4.69) is 40.0 Å². The van der Waals surface area contributed by atoms with Crippen LogP contribution < -0.4 is 5.32 Å². The first-order valence-electron chi connectivity index (χ1n) is 14.1. The Morgan fingerprint density at radius 3 is 2.40 bits per heavy atom. The highest BCUT2D eigenvalue weighted by atomic mass is 79.9. The molecule has 0 aliphatic heterocycles. The zero-order chi connectivity index (χ0) is 31.1. The van der Waals surface area contributed by atoms with Crippen molar-refractivity contribution in [3.63, 3.8) is 0 Å². The van der Waals surface area contributed by atoms with E-state index in [1.54, 1.807) is 17.8 Å². The number of halogens is 2. The number of thioether (sulfide) groups is 1. The second-order valence-electron chi connectivity index (χ2n) is 10.7. The fourth-order valence-electron chi connectivity index (χ4n) is 4.86. The molecule has 1 heterocycles. The van der Waals surface area contributed by atoms with E-state index in [1.165, 1.54) is 0 Å². The molecular weight excluding hydrogens is 648 g/mol. The van der Waals surface area contributed by atoms with Crippen LogP contribution in [-0.2, 0) is 17.9 Å². The number of benzene rings is 3. The zero-order valence-electron chi connectivity index (χ0n) is 24.7. The quantitative estimate of drug-likeness (QED) is 0.147. The number of furan rings is 1. The highest BCUT2D eigenvalue weighted by Crippen LogP contribution is 2.34. The Morgan fingerprint density at radius 1 is 1.02 bits per heavy atom. The van der Waals surface area contributed by atoms with E-state index in [4.69, 9.17) is 16.0 Å². The molecule has 0 aliphatic carbocycles. The summed E-state index contributed by atoms with van der Waals surface area (Å²) in [6.07, 6.45) is 2.27. The van der Waals surface area contributed by atoms with Crippen LogP contribution in [0.4, 0.5) is 0 Å². The summed E-state index contributed by atoms with van der Waals surface area (Å²) in [4.78, 5) is 27.6. The molecule has 226 valence electrons. The molecule has 1 atom stereocenters. The maximum atomic E-state index is 13.5. The van der Waals surface area contributed by atoms with Crippen molar-refractivity contribution < 1.29 is 19.1 Å². The van der Waals surface area contributed by atoms with Crippen LogP contribution in [0.2, 0.25) is 5.02 Å². The summed E-state index contributed by atoms with van der Waals surface area (Å²) in [5.41, 5.74) is 5.16. The summed E-state index contributed by atoms with van der Waals surface area (Å²) in [5, 5.41) is 13.1. The Bertz CT molecular complexity index is 1570. The average Bonchev–Trinajstić information content (AvgIpc) is 3.34. The lowest BCUT2D eigenvalue weighted by molar-refractivity contribution is -0.139. The topological polar surface area (TPSA) is 82.8 Å². The molecule has 1 aromatic heterocycles. The van der Waals surface area contributed by atoms with E-state index >= 15 is 0 Å². The van der Waals surface area contributed by atoms with E-state index in [0.29, 0.717) is 35.8 Å². The summed E-state index contributed by atoms with van der Waals surface area (Å²) < 4.78 is 7.15. The Kier molecular flexibility index (Phi) is 11.5. The van der Waals surface area contributed by atoms with Gasteiger partial charge in [0.15, 0.2) is 0 Å². The van der Waals surface area contributed by atoms with Gasteiger partial charge in [-0.1, -0.05) is 41.9 Å². The van der Waals surface area contributed by atoms with Crippen molar-refractivity contribution in [1.82, 2.24) is 10.2 Å². The third-order valence-corrected chi connectivity index (χ3v) is 8.78. The van der Waals surface area contributed by atoms with Crippen molar-refractivity contribution in [3.8, 4) is 22.5 Å². The summed E-state index contributed by atoms with van der Waals surface area (Å²) in [6, 6.07) is 22.5. The second kappa shape index (κ2) is 15.1. The number of hydrogen-bond acceptors (Lipinski definition) is 5. The molecule has 0 aliphatic rings. The number of carboxylic acids is 1. The number of carbonyl (C=O) groups is 2. The van der Waals surface area contributed by atoms with Crippen LogP contribution >= 0.6 is 39.3 Å². The molecule has 0 spiro atoms. The maximum absolute atomic E-state index is 13.5. The smallest absolute Gasteiger partial charge is 0.326 e. The number of carboxylic acid groups (broad SMARTS) is 1. The summed E-state index contributed by atoms with van der Waals surface area (Å²) >= 11 is 11.3. The van der Waals surface area contributed by atoms with Gasteiger partial charge in [-0.3, -0.25) is 9.69 Å². The van der Waals surface area contributed by atoms with Gasteiger partial charge in [0, 0.05) is 28.7 Å². The number of nitrogens with one attached hydrogen (secondary N) is 1. The van der Waals surface area contributed by atoms with Gasteiger partial charge in [-0.25, -0.2) is 4.79 Å². The van der Waals surface area contributed by atoms with Gasteiger partial charge in [0.1, 0.15) is 17.6 Å². The molecule has 1 amide bonds. The van der Waals surface area contributed by atoms with Crippen LogP contribution in [0.3, 0.4) is 0 Å². The molecule has 4 rings (SSSR count). The molecule has 43 heavy (non-hydrogen) atoms. The first-order valence-corrected chi connectivity index (χ1v) is 16.6. The summed E-state index contributed by atoms with van der Waals surface area (Å²) in [7, 11) is 0. The van der Waals surface area contributed by atoms with Crippen LogP contribution in [0, 0.1) is 6.92 Å². The van der Waals surface area contributed by atoms with Crippen LogP contribution in [-0.4, -0.2) is 46.0 Å². The van der Waals surface area contributed by atoms with Gasteiger partial charge in [-0.2, -0.15) is 11.8 Å². The third-order valence-electron chi connectivity index (χ3n) is 7.30. The normalized spacial score (nSPS) is 12.1. The van der Waals surface area contributed by atoms with E-state index in [-0.39, 0.29) is 6.04 Å². The average molecular weight is 684 g/mol. The Hall–Kier alpha value is -3.04. The van der Waals surface area contributed by atoms with Crippen LogP contribution in [0.15, 0.2) is 81.7 Å². The predicted octanol–water partition coefficient (Wildman–Crippen LogP) is 8.68. The molecule has 9 heteroatoms. The lowest BCUT2D eigenvalue weighted by Crippen LogP contribution is -2.41. The van der Waals surface area contributed by atoms with Crippen molar-refractivity contribution in [2.24, 2.45) is 0 Å². The molecule has 0 saturated heterocycles. The molecule has 3 aromatic carbocycles. The molecule has 0 unspecified atom stereocenters. The van der Waals surface area contributed by atoms with Crippen molar-refractivity contribution in [1.29, 1.82) is 0 Å². The van der Waals surface area contributed by atoms with E-state index in [1.807, 2.05) is 79.9 Å². The molecular formula is C34H36BrClN2O4S. The predicted molar refractivity (Wildman–Crippen MR) is 180 cm³/mol. The van der Waals surface area contributed by atoms with Crippen LogP contribution in [0.25, 0.3) is 22.5 Å². The fourth-order valence-corrected chi connectivity index (χ4v) is 6.03. The number of carbonyl (C=O) groups excluding carboxylic acids is 1. The number of aryl methyl sites for hydroxylation is 1. The monoisotopic (exact) mass is 682 g/mol. The highest BCUT2D eigenvalue weighted by molar-refractivity contribution is 9.10. The minimum Gasteiger partial charge on any atom is -0.480 e. The molecule has 2 N–H and O–H groups in total. The van der Waals surface area contributed by atoms with Gasteiger partial charge in [0.25, 0.3) is 5.91 Å². The maximum Gasteiger partial charge on any atom is 0.326 e. The van der Waals surface area contributed by atoms with Gasteiger partial charge in [-0.15, -0.1) is 0 Å². The van der Waals surface area contributed by atoms with Crippen molar-refractivity contribution in [2.75, 3.05) is 12.0 Å². The van der Waals surface area contributed by atoms with Crippen molar-refractivity contribution in [2.45, 2.75) is 52.4 Å². The van der Waals surface area contributed by atoms with Gasteiger partial charge in [0.2, 0.25) is 0 Å². The Labute approximate surface area is 270 Å². The highest BCUT2D eigenvalue weighted by Gasteiger charge is 2.23. The molecule has 0 saturated carbocycles. The molecule has 0 fully saturated rings. The Morgan fingerprint density at radius 2 is 1.74 bits per heavy atom. The fraction of sp³-hybridized carbons (Fsp3) is 0.294. The van der Waals surface area contributed by atoms with Crippen molar-refractivity contribution in [3.05, 3.63) is 105 Å². The van der Waals surface area contributed by atoms with E-state index < -0.39 is 17.9 Å². The van der Waals surface area contributed by atoms with Gasteiger partial charge in [-0.05, 0) is 120 Å². The minimum absolute atomic E-state index is 0.209. The molecule has 0 radical (unpaired) electrons. The van der Waals surface area contributed by atoms with Gasteiger partial charge >= 0.3 is 5.97 Å². The minimum atomic E-state index is -1.03. The standard InChI is InChI=1S/C34H36BrClN2O4S/c1-21(2)38(20-26-18-30(35)32(42-26)24-10-12-25(36)13-11-24)19-23-9-14-28(29(17-23)27-8-6-5-7-22(27)3)33(39)37-31(34(40)41)15-16-43-4/h5-14,17-18,21,31H,15-16,19-20H2,1-4H3,(H,37,39)(H,40,41)/t31-/m0/s1. The third kappa shape index (κ3) is 8.54. The first-order chi connectivity index (χ1) is 20.6. The van der Waals surface area contributed by atoms with Crippen LogP contribution in [0.1, 0.15) is 47.5 Å². The number of rotatable bonds is 13. The van der Waals surface area contributed by atoms with Crippen LogP contribution in [0.5, 0.6) is 0 Å². The van der Waals surface area contributed by atoms with E-state index in [0.717, 1.165) is 43.8 Å². The van der Waals surface area contributed by atoms with Gasteiger partial charge in [0.05, 0.1) is 11.0 Å². The molecule has 4 aromatic rings. The zero-order valence-corrected chi connectivity index (χ0v) is 27.9. The number of aliphatic carboxylic acids is 1. The number of amides is 1. The lowest BCUT2D eigenvalue weighted by atomic mass is 9.93. The molecule has 6 nitrogen and oxygen atoms in total.